The number of ketones is 1. The van der Waals surface area contributed by atoms with Crippen LogP contribution in [-0.2, 0) is 0 Å². The molecule has 0 bridgehead atoms. The molecule has 1 aromatic rings. The summed E-state index contributed by atoms with van der Waals surface area (Å²) in [7, 11) is 0. The number of hydrogen-bond donors (Lipinski definition) is 0. The highest BCUT2D eigenvalue weighted by atomic mass is 16.1. The zero-order chi connectivity index (χ0) is 12.6. The third kappa shape index (κ3) is 4.02. The van der Waals surface area contributed by atoms with Crippen LogP contribution >= 0.6 is 0 Å². The van der Waals surface area contributed by atoms with Crippen LogP contribution < -0.4 is 0 Å². The Hall–Kier alpha value is -1.57. The van der Waals surface area contributed by atoms with E-state index >= 15 is 0 Å². The van der Waals surface area contributed by atoms with Crippen LogP contribution in [0.4, 0.5) is 0 Å². The van der Waals surface area contributed by atoms with Gasteiger partial charge < -0.3 is 4.90 Å². The second-order valence-corrected chi connectivity index (χ2v) is 4.85. The summed E-state index contributed by atoms with van der Waals surface area (Å²) in [6.45, 7) is 2.16. The van der Waals surface area contributed by atoms with Gasteiger partial charge in [0.2, 0.25) is 0 Å². The lowest BCUT2D eigenvalue weighted by Gasteiger charge is -2.22. The maximum absolute atomic E-state index is 11.9. The standard InChI is InChI=1S/C16H21NO/c18-16(15-9-5-4-6-10-15)11-14-17-12-7-2-1-3-8-13-17/h4-6,9-11,14H,1-3,7-8,12-13H2/b14-11+. The van der Waals surface area contributed by atoms with E-state index < -0.39 is 0 Å². The normalized spacial score (nSPS) is 17.4. The predicted octanol–water partition coefficient (Wildman–Crippen LogP) is 3.65. The number of allylic oxidation sites excluding steroid dienone is 1. The molecule has 0 N–H and O–H groups in total. The average Bonchev–Trinajstić information content (AvgIpc) is 2.38. The van der Waals surface area contributed by atoms with Gasteiger partial charge >= 0.3 is 0 Å². The lowest BCUT2D eigenvalue weighted by atomic mass is 10.1. The predicted molar refractivity (Wildman–Crippen MR) is 74.6 cm³/mol. The smallest absolute Gasteiger partial charge is 0.187 e. The zero-order valence-electron chi connectivity index (χ0n) is 10.8. The van der Waals surface area contributed by atoms with Gasteiger partial charge in [0.1, 0.15) is 0 Å². The molecule has 0 saturated carbocycles. The quantitative estimate of drug-likeness (QED) is 0.596. The number of carbonyl (C=O) groups is 1. The second kappa shape index (κ2) is 7.00. The first-order valence-electron chi connectivity index (χ1n) is 6.88. The van der Waals surface area contributed by atoms with Crippen molar-refractivity contribution in [2.24, 2.45) is 0 Å². The van der Waals surface area contributed by atoms with Crippen LogP contribution in [0.5, 0.6) is 0 Å². The van der Waals surface area contributed by atoms with Gasteiger partial charge in [-0.2, -0.15) is 0 Å². The molecule has 18 heavy (non-hydrogen) atoms. The van der Waals surface area contributed by atoms with Crippen molar-refractivity contribution in [2.45, 2.75) is 32.1 Å². The van der Waals surface area contributed by atoms with E-state index in [4.69, 9.17) is 0 Å². The second-order valence-electron chi connectivity index (χ2n) is 4.85. The molecule has 0 amide bonds. The van der Waals surface area contributed by atoms with Crippen LogP contribution in [0.15, 0.2) is 42.6 Å². The Morgan fingerprint density at radius 1 is 0.944 bits per heavy atom. The molecule has 1 aromatic carbocycles. The summed E-state index contributed by atoms with van der Waals surface area (Å²) < 4.78 is 0. The fraction of sp³-hybridized carbons (Fsp3) is 0.438. The van der Waals surface area contributed by atoms with Crippen LogP contribution in [0.2, 0.25) is 0 Å². The van der Waals surface area contributed by atoms with E-state index in [1.807, 2.05) is 36.5 Å². The van der Waals surface area contributed by atoms with Crippen LogP contribution in [-0.4, -0.2) is 23.8 Å². The molecule has 0 spiro atoms. The van der Waals surface area contributed by atoms with Crippen LogP contribution in [0.25, 0.3) is 0 Å². The maximum Gasteiger partial charge on any atom is 0.187 e. The first-order valence-corrected chi connectivity index (χ1v) is 6.88. The Morgan fingerprint density at radius 2 is 1.56 bits per heavy atom. The highest BCUT2D eigenvalue weighted by Crippen LogP contribution is 2.11. The molecule has 0 radical (unpaired) electrons. The molecule has 1 fully saturated rings. The van der Waals surface area contributed by atoms with Gasteiger partial charge in [-0.1, -0.05) is 49.6 Å². The van der Waals surface area contributed by atoms with Gasteiger partial charge in [-0.25, -0.2) is 0 Å². The molecule has 1 heterocycles. The molecule has 2 heteroatoms. The molecule has 1 aliphatic rings. The van der Waals surface area contributed by atoms with Crippen LogP contribution in [0, 0.1) is 0 Å². The van der Waals surface area contributed by atoms with Crippen molar-refractivity contribution in [3.05, 3.63) is 48.2 Å². The molecular formula is C16H21NO. The van der Waals surface area contributed by atoms with Gasteiger partial charge in [-0.3, -0.25) is 4.79 Å². The van der Waals surface area contributed by atoms with E-state index in [1.54, 1.807) is 6.08 Å². The Bertz CT molecular complexity index is 389. The Morgan fingerprint density at radius 3 is 2.22 bits per heavy atom. The molecule has 2 rings (SSSR count). The monoisotopic (exact) mass is 243 g/mol. The highest BCUT2D eigenvalue weighted by molar-refractivity contribution is 6.04. The Kier molecular flexibility index (Phi) is 5.00. The molecule has 1 saturated heterocycles. The van der Waals surface area contributed by atoms with Gasteiger partial charge in [-0.05, 0) is 12.8 Å². The largest absolute Gasteiger partial charge is 0.377 e. The van der Waals surface area contributed by atoms with Crippen molar-refractivity contribution in [1.82, 2.24) is 4.90 Å². The van der Waals surface area contributed by atoms with Gasteiger partial charge in [0.25, 0.3) is 0 Å². The third-order valence-electron chi connectivity index (χ3n) is 3.39. The first-order chi connectivity index (χ1) is 8.86. The van der Waals surface area contributed by atoms with Crippen LogP contribution in [0.3, 0.4) is 0 Å². The lowest BCUT2D eigenvalue weighted by Crippen LogP contribution is -2.21. The summed E-state index contributed by atoms with van der Waals surface area (Å²) in [5.74, 6) is 0.0951. The number of nitrogens with zero attached hydrogens (tertiary/aromatic N) is 1. The minimum Gasteiger partial charge on any atom is -0.377 e. The molecule has 0 unspecified atom stereocenters. The fourth-order valence-electron chi connectivity index (χ4n) is 2.29. The lowest BCUT2D eigenvalue weighted by molar-refractivity contribution is 0.104. The minimum absolute atomic E-state index is 0.0951. The Balaban J connectivity index is 1.91. The van der Waals surface area contributed by atoms with Crippen LogP contribution in [0.1, 0.15) is 42.5 Å². The summed E-state index contributed by atoms with van der Waals surface area (Å²) in [5.41, 5.74) is 0.765. The van der Waals surface area contributed by atoms with Crippen molar-refractivity contribution in [2.75, 3.05) is 13.1 Å². The minimum atomic E-state index is 0.0951. The molecule has 0 aliphatic carbocycles. The maximum atomic E-state index is 11.9. The molecule has 0 aromatic heterocycles. The fourth-order valence-corrected chi connectivity index (χ4v) is 2.29. The zero-order valence-corrected chi connectivity index (χ0v) is 10.8. The van der Waals surface area contributed by atoms with Gasteiger partial charge in [0.05, 0.1) is 0 Å². The van der Waals surface area contributed by atoms with E-state index in [1.165, 1.54) is 32.1 Å². The van der Waals surface area contributed by atoms with Crippen molar-refractivity contribution in [1.29, 1.82) is 0 Å². The van der Waals surface area contributed by atoms with Crippen molar-refractivity contribution in [3.8, 4) is 0 Å². The van der Waals surface area contributed by atoms with E-state index in [-0.39, 0.29) is 5.78 Å². The van der Waals surface area contributed by atoms with Gasteiger partial charge in [-0.15, -0.1) is 0 Å². The number of benzene rings is 1. The van der Waals surface area contributed by atoms with E-state index in [0.29, 0.717) is 0 Å². The number of rotatable bonds is 3. The number of carbonyl (C=O) groups excluding carboxylic acids is 1. The van der Waals surface area contributed by atoms with Gasteiger partial charge in [0, 0.05) is 30.9 Å². The Labute approximate surface area is 109 Å². The van der Waals surface area contributed by atoms with Crippen molar-refractivity contribution < 1.29 is 4.79 Å². The van der Waals surface area contributed by atoms with Crippen molar-refractivity contribution >= 4 is 5.78 Å². The van der Waals surface area contributed by atoms with E-state index in [0.717, 1.165) is 18.7 Å². The molecule has 2 nitrogen and oxygen atoms in total. The van der Waals surface area contributed by atoms with Gasteiger partial charge in [0.15, 0.2) is 5.78 Å². The molecule has 1 aliphatic heterocycles. The summed E-state index contributed by atoms with van der Waals surface area (Å²) in [4.78, 5) is 14.2. The average molecular weight is 243 g/mol. The van der Waals surface area contributed by atoms with E-state index in [2.05, 4.69) is 4.90 Å². The molecule has 0 atom stereocenters. The third-order valence-corrected chi connectivity index (χ3v) is 3.39. The molecular weight excluding hydrogens is 222 g/mol. The number of likely N-dealkylation sites (tertiary alicyclic amines) is 1. The summed E-state index contributed by atoms with van der Waals surface area (Å²) >= 11 is 0. The SMILES string of the molecule is O=C(/C=C/N1CCCCCCC1)c1ccccc1. The highest BCUT2D eigenvalue weighted by Gasteiger charge is 2.05. The molecule has 96 valence electrons. The summed E-state index contributed by atoms with van der Waals surface area (Å²) in [5, 5.41) is 0. The topological polar surface area (TPSA) is 20.3 Å². The summed E-state index contributed by atoms with van der Waals surface area (Å²) in [6, 6.07) is 9.45. The number of hydrogen-bond acceptors (Lipinski definition) is 2. The van der Waals surface area contributed by atoms with Crippen molar-refractivity contribution in [3.63, 3.8) is 0 Å². The first kappa shape index (κ1) is 12.9. The summed E-state index contributed by atoms with van der Waals surface area (Å²) in [6.07, 6.45) is 10.2. The van der Waals surface area contributed by atoms with E-state index in [9.17, 15) is 4.79 Å².